The average molecular weight is 154 g/mol. The van der Waals surface area contributed by atoms with Gasteiger partial charge in [-0.05, 0) is 25.8 Å². The Hall–Kier alpha value is 0.540. The number of hydrogen-bond donors (Lipinski definition) is 1. The summed E-state index contributed by atoms with van der Waals surface area (Å²) in [5.74, 6) is 0. The number of rotatable bonds is 0. The van der Waals surface area contributed by atoms with Gasteiger partial charge in [-0.2, -0.15) is 0 Å². The van der Waals surface area contributed by atoms with Gasteiger partial charge in [0.1, 0.15) is 0 Å². The second-order valence-corrected chi connectivity index (χ2v) is 3.57. The van der Waals surface area contributed by atoms with Crippen molar-refractivity contribution in [2.24, 2.45) is 0 Å². The van der Waals surface area contributed by atoms with E-state index in [4.69, 9.17) is 23.2 Å². The van der Waals surface area contributed by atoms with Crippen molar-refractivity contribution in [1.82, 2.24) is 5.32 Å². The highest BCUT2D eigenvalue weighted by atomic mass is 35.5. The van der Waals surface area contributed by atoms with Gasteiger partial charge in [-0.25, -0.2) is 0 Å². The Balaban J connectivity index is 2.33. The third kappa shape index (κ3) is 1.81. The van der Waals surface area contributed by atoms with E-state index in [9.17, 15) is 0 Å². The van der Waals surface area contributed by atoms with Crippen LogP contribution in [0.25, 0.3) is 0 Å². The molecule has 1 rings (SSSR count). The second kappa shape index (κ2) is 2.42. The fraction of sp³-hybridized carbons (Fsp3) is 1.00. The first-order chi connectivity index (χ1) is 3.71. The van der Waals surface area contributed by atoms with Crippen molar-refractivity contribution in [1.29, 1.82) is 0 Å². The molecule has 3 heteroatoms. The van der Waals surface area contributed by atoms with E-state index in [0.717, 1.165) is 19.4 Å². The third-order valence-electron chi connectivity index (χ3n) is 1.30. The summed E-state index contributed by atoms with van der Waals surface area (Å²) in [5, 5.41) is 2.99. The van der Waals surface area contributed by atoms with E-state index < -0.39 is 4.46 Å². The fourth-order valence-corrected chi connectivity index (χ4v) is 1.29. The van der Waals surface area contributed by atoms with Gasteiger partial charge in [0.15, 0.2) is 4.46 Å². The Morgan fingerprint density at radius 2 is 2.00 bits per heavy atom. The Kier molecular flexibility index (Phi) is 2.02. The molecule has 8 heavy (non-hydrogen) atoms. The zero-order valence-corrected chi connectivity index (χ0v) is 6.10. The molecule has 0 aliphatic carbocycles. The standard InChI is InChI=1S/C5H9Cl2N/c6-5(7)3-1-2-4-8-5/h8H,1-4H2. The minimum atomic E-state index is -0.627. The minimum absolute atomic E-state index is 0.627. The number of halogens is 2. The molecule has 1 heterocycles. The lowest BCUT2D eigenvalue weighted by molar-refractivity contribution is 0.450. The summed E-state index contributed by atoms with van der Waals surface area (Å²) in [4.78, 5) is 0. The SMILES string of the molecule is ClC1(Cl)CCCCN1. The molecule has 0 bridgehead atoms. The molecule has 1 saturated heterocycles. The second-order valence-electron chi connectivity index (χ2n) is 2.09. The number of piperidine rings is 1. The molecule has 0 unspecified atom stereocenters. The van der Waals surface area contributed by atoms with E-state index in [2.05, 4.69) is 5.32 Å². The number of alkyl halides is 2. The van der Waals surface area contributed by atoms with E-state index in [1.807, 2.05) is 0 Å². The van der Waals surface area contributed by atoms with Crippen LogP contribution in [0.2, 0.25) is 0 Å². The molecule has 0 aromatic carbocycles. The van der Waals surface area contributed by atoms with E-state index in [0.29, 0.717) is 0 Å². The van der Waals surface area contributed by atoms with Gasteiger partial charge in [0.25, 0.3) is 0 Å². The summed E-state index contributed by atoms with van der Waals surface area (Å²) in [5.41, 5.74) is 0. The molecule has 0 saturated carbocycles. The number of nitrogens with one attached hydrogen (secondary N) is 1. The van der Waals surface area contributed by atoms with Crippen LogP contribution in [0.3, 0.4) is 0 Å². The molecule has 0 amide bonds. The highest BCUT2D eigenvalue weighted by molar-refractivity contribution is 6.48. The van der Waals surface area contributed by atoms with E-state index >= 15 is 0 Å². The zero-order chi connectivity index (χ0) is 6.04. The molecule has 0 spiro atoms. The first-order valence-electron chi connectivity index (χ1n) is 2.84. The first-order valence-corrected chi connectivity index (χ1v) is 3.59. The van der Waals surface area contributed by atoms with Crippen LogP contribution >= 0.6 is 23.2 Å². The topological polar surface area (TPSA) is 12.0 Å². The third-order valence-corrected chi connectivity index (χ3v) is 1.95. The van der Waals surface area contributed by atoms with Crippen LogP contribution in [-0.2, 0) is 0 Å². The van der Waals surface area contributed by atoms with Gasteiger partial charge in [-0.1, -0.05) is 23.2 Å². The Labute approximate surface area is 59.3 Å². The molecule has 1 fully saturated rings. The average Bonchev–Trinajstić information content (AvgIpc) is 1.65. The predicted molar refractivity (Wildman–Crippen MR) is 36.3 cm³/mol. The van der Waals surface area contributed by atoms with Crippen molar-refractivity contribution in [3.05, 3.63) is 0 Å². The molecule has 48 valence electrons. The first kappa shape index (κ1) is 6.66. The number of hydrogen-bond acceptors (Lipinski definition) is 1. The molecule has 0 aromatic rings. The van der Waals surface area contributed by atoms with Gasteiger partial charge in [-0.15, -0.1) is 0 Å². The quantitative estimate of drug-likeness (QED) is 0.415. The maximum atomic E-state index is 5.73. The van der Waals surface area contributed by atoms with Crippen molar-refractivity contribution in [2.45, 2.75) is 23.7 Å². The van der Waals surface area contributed by atoms with Crippen LogP contribution < -0.4 is 5.32 Å². The van der Waals surface area contributed by atoms with Crippen molar-refractivity contribution in [3.8, 4) is 0 Å². The zero-order valence-electron chi connectivity index (χ0n) is 4.58. The predicted octanol–water partition coefficient (Wildman–Crippen LogP) is 1.89. The normalized spacial score (nSPS) is 27.8. The summed E-state index contributed by atoms with van der Waals surface area (Å²) in [6.45, 7) is 0.951. The largest absolute Gasteiger partial charge is 0.286 e. The maximum absolute atomic E-state index is 5.73. The molecule has 0 radical (unpaired) electrons. The molecule has 0 atom stereocenters. The summed E-state index contributed by atoms with van der Waals surface area (Å²) >= 11 is 11.5. The van der Waals surface area contributed by atoms with Gasteiger partial charge in [0.2, 0.25) is 0 Å². The molecule has 0 aromatic heterocycles. The molecule has 1 aliphatic heterocycles. The summed E-state index contributed by atoms with van der Waals surface area (Å²) in [7, 11) is 0. The monoisotopic (exact) mass is 153 g/mol. The van der Waals surface area contributed by atoms with Crippen LogP contribution in [0.15, 0.2) is 0 Å². The van der Waals surface area contributed by atoms with E-state index in [1.54, 1.807) is 0 Å². The molecule has 1 N–H and O–H groups in total. The molecule has 1 nitrogen and oxygen atoms in total. The van der Waals surface area contributed by atoms with Crippen molar-refractivity contribution in [2.75, 3.05) is 6.54 Å². The van der Waals surface area contributed by atoms with Gasteiger partial charge in [0.05, 0.1) is 0 Å². The maximum Gasteiger partial charge on any atom is 0.168 e. The Morgan fingerprint density at radius 3 is 2.25 bits per heavy atom. The molecule has 1 aliphatic rings. The Morgan fingerprint density at radius 1 is 1.25 bits per heavy atom. The van der Waals surface area contributed by atoms with Crippen molar-refractivity contribution < 1.29 is 0 Å². The van der Waals surface area contributed by atoms with Gasteiger partial charge in [-0.3, -0.25) is 5.32 Å². The van der Waals surface area contributed by atoms with Crippen LogP contribution in [0.4, 0.5) is 0 Å². The highest BCUT2D eigenvalue weighted by Crippen LogP contribution is 2.26. The van der Waals surface area contributed by atoms with Crippen molar-refractivity contribution in [3.63, 3.8) is 0 Å². The van der Waals surface area contributed by atoms with E-state index in [1.165, 1.54) is 6.42 Å². The van der Waals surface area contributed by atoms with Crippen LogP contribution in [0, 0.1) is 0 Å². The van der Waals surface area contributed by atoms with E-state index in [-0.39, 0.29) is 0 Å². The molecular weight excluding hydrogens is 145 g/mol. The van der Waals surface area contributed by atoms with Gasteiger partial charge in [0, 0.05) is 0 Å². The lowest BCUT2D eigenvalue weighted by Crippen LogP contribution is -2.38. The highest BCUT2D eigenvalue weighted by Gasteiger charge is 2.24. The fourth-order valence-electron chi connectivity index (χ4n) is 0.832. The lowest BCUT2D eigenvalue weighted by atomic mass is 10.2. The molecular formula is C5H9Cl2N. The van der Waals surface area contributed by atoms with Gasteiger partial charge >= 0.3 is 0 Å². The minimum Gasteiger partial charge on any atom is -0.286 e. The van der Waals surface area contributed by atoms with Crippen LogP contribution in [-0.4, -0.2) is 11.0 Å². The van der Waals surface area contributed by atoms with Gasteiger partial charge < -0.3 is 0 Å². The Bertz CT molecular complexity index is 74.5. The van der Waals surface area contributed by atoms with Crippen LogP contribution in [0.1, 0.15) is 19.3 Å². The van der Waals surface area contributed by atoms with Crippen molar-refractivity contribution >= 4 is 23.2 Å². The summed E-state index contributed by atoms with van der Waals surface area (Å²) in [6.07, 6.45) is 3.21. The lowest BCUT2D eigenvalue weighted by Gasteiger charge is -2.25. The summed E-state index contributed by atoms with van der Waals surface area (Å²) < 4.78 is -0.627. The smallest absolute Gasteiger partial charge is 0.168 e. The van der Waals surface area contributed by atoms with Crippen LogP contribution in [0.5, 0.6) is 0 Å². The summed E-state index contributed by atoms with van der Waals surface area (Å²) in [6, 6.07) is 0.